The Kier molecular flexibility index (Phi) is 5.20. The van der Waals surface area contributed by atoms with Gasteiger partial charge in [-0.3, -0.25) is 14.4 Å². The molecule has 1 aliphatic carbocycles. The van der Waals surface area contributed by atoms with Crippen molar-refractivity contribution >= 4 is 17.5 Å². The van der Waals surface area contributed by atoms with E-state index in [1.54, 1.807) is 24.3 Å². The van der Waals surface area contributed by atoms with Crippen LogP contribution in [0.3, 0.4) is 0 Å². The van der Waals surface area contributed by atoms with Gasteiger partial charge in [0, 0.05) is 23.4 Å². The number of anilines is 1. The van der Waals surface area contributed by atoms with Gasteiger partial charge in [0.1, 0.15) is 5.69 Å². The minimum absolute atomic E-state index is 0.119. The van der Waals surface area contributed by atoms with Crippen molar-refractivity contribution in [2.24, 2.45) is 0 Å². The Morgan fingerprint density at radius 3 is 2.52 bits per heavy atom. The second-order valence-electron chi connectivity index (χ2n) is 6.98. The zero-order chi connectivity index (χ0) is 20.2. The smallest absolute Gasteiger partial charge is 0.276 e. The Labute approximate surface area is 167 Å². The van der Waals surface area contributed by atoms with Crippen molar-refractivity contribution < 1.29 is 9.59 Å². The summed E-state index contributed by atoms with van der Waals surface area (Å²) in [6, 6.07) is 19.1. The molecular formula is C22H20N4O3. The lowest BCUT2D eigenvalue weighted by molar-refractivity contribution is 0.0949. The summed E-state index contributed by atoms with van der Waals surface area (Å²) < 4.78 is 1.25. The van der Waals surface area contributed by atoms with Crippen LogP contribution in [0.25, 0.3) is 0 Å². The SMILES string of the molecule is O=C(NC1CC1)c1cccc(NC(=O)c2ccc(=O)n(Cc3ccccc3)n2)c1. The lowest BCUT2D eigenvalue weighted by Crippen LogP contribution is -2.27. The first-order chi connectivity index (χ1) is 14.1. The first-order valence-corrected chi connectivity index (χ1v) is 9.43. The number of hydrogen-bond acceptors (Lipinski definition) is 4. The van der Waals surface area contributed by atoms with Crippen LogP contribution < -0.4 is 16.2 Å². The fourth-order valence-corrected chi connectivity index (χ4v) is 2.87. The third-order valence-corrected chi connectivity index (χ3v) is 4.57. The highest BCUT2D eigenvalue weighted by Gasteiger charge is 2.23. The highest BCUT2D eigenvalue weighted by Crippen LogP contribution is 2.20. The summed E-state index contributed by atoms with van der Waals surface area (Å²) in [5.74, 6) is -0.607. The summed E-state index contributed by atoms with van der Waals surface area (Å²) in [4.78, 5) is 36.9. The first kappa shape index (κ1) is 18.6. The fourth-order valence-electron chi connectivity index (χ4n) is 2.87. The summed E-state index contributed by atoms with van der Waals surface area (Å²) in [6.07, 6.45) is 2.01. The zero-order valence-electron chi connectivity index (χ0n) is 15.7. The monoisotopic (exact) mass is 388 g/mol. The van der Waals surface area contributed by atoms with Crippen LogP contribution in [0.2, 0.25) is 0 Å². The van der Waals surface area contributed by atoms with Crippen molar-refractivity contribution in [1.82, 2.24) is 15.1 Å². The molecule has 0 saturated heterocycles. The zero-order valence-corrected chi connectivity index (χ0v) is 15.7. The van der Waals surface area contributed by atoms with Crippen LogP contribution in [0.15, 0.2) is 71.5 Å². The molecular weight excluding hydrogens is 368 g/mol. The number of amides is 2. The van der Waals surface area contributed by atoms with Crippen LogP contribution in [0.1, 0.15) is 39.3 Å². The predicted octanol–water partition coefficient (Wildman–Crippen LogP) is 2.44. The minimum Gasteiger partial charge on any atom is -0.349 e. The summed E-state index contributed by atoms with van der Waals surface area (Å²) in [5.41, 5.74) is 1.71. The van der Waals surface area contributed by atoms with Gasteiger partial charge < -0.3 is 10.6 Å². The van der Waals surface area contributed by atoms with Crippen molar-refractivity contribution in [3.8, 4) is 0 Å². The van der Waals surface area contributed by atoms with Gasteiger partial charge in [-0.15, -0.1) is 0 Å². The minimum atomic E-state index is -0.452. The molecule has 2 N–H and O–H groups in total. The van der Waals surface area contributed by atoms with Crippen molar-refractivity contribution in [2.75, 3.05) is 5.32 Å². The molecule has 146 valence electrons. The van der Waals surface area contributed by atoms with Crippen LogP contribution in [0.4, 0.5) is 5.69 Å². The maximum absolute atomic E-state index is 12.6. The van der Waals surface area contributed by atoms with Gasteiger partial charge in [0.05, 0.1) is 6.54 Å². The molecule has 0 aliphatic heterocycles. The molecule has 0 unspecified atom stereocenters. The van der Waals surface area contributed by atoms with E-state index < -0.39 is 5.91 Å². The number of carbonyl (C=O) groups is 2. The molecule has 0 atom stereocenters. The van der Waals surface area contributed by atoms with E-state index in [0.29, 0.717) is 11.3 Å². The summed E-state index contributed by atoms with van der Waals surface area (Å²) in [5, 5.41) is 9.84. The Morgan fingerprint density at radius 2 is 1.76 bits per heavy atom. The van der Waals surface area contributed by atoms with E-state index in [-0.39, 0.29) is 29.7 Å². The van der Waals surface area contributed by atoms with E-state index in [0.717, 1.165) is 18.4 Å². The van der Waals surface area contributed by atoms with Gasteiger partial charge in [0.25, 0.3) is 17.4 Å². The second kappa shape index (κ2) is 8.10. The number of aromatic nitrogens is 2. The highest BCUT2D eigenvalue weighted by molar-refractivity contribution is 6.03. The molecule has 2 aromatic carbocycles. The number of nitrogens with one attached hydrogen (secondary N) is 2. The molecule has 0 bridgehead atoms. The van der Waals surface area contributed by atoms with Crippen molar-refractivity contribution in [2.45, 2.75) is 25.4 Å². The normalized spacial score (nSPS) is 13.0. The van der Waals surface area contributed by atoms with E-state index >= 15 is 0 Å². The van der Waals surface area contributed by atoms with Gasteiger partial charge >= 0.3 is 0 Å². The van der Waals surface area contributed by atoms with Crippen LogP contribution in [-0.4, -0.2) is 27.6 Å². The highest BCUT2D eigenvalue weighted by atomic mass is 16.2. The summed E-state index contributed by atoms with van der Waals surface area (Å²) in [7, 11) is 0. The van der Waals surface area contributed by atoms with Crippen molar-refractivity contribution in [3.05, 3.63) is 93.9 Å². The van der Waals surface area contributed by atoms with E-state index in [4.69, 9.17) is 0 Å². The Morgan fingerprint density at radius 1 is 0.966 bits per heavy atom. The van der Waals surface area contributed by atoms with Crippen LogP contribution in [-0.2, 0) is 6.54 Å². The number of rotatable bonds is 6. The van der Waals surface area contributed by atoms with Crippen LogP contribution in [0.5, 0.6) is 0 Å². The van der Waals surface area contributed by atoms with E-state index in [1.165, 1.54) is 16.8 Å². The van der Waals surface area contributed by atoms with E-state index in [1.807, 2.05) is 30.3 Å². The van der Waals surface area contributed by atoms with Gasteiger partial charge in [-0.05, 0) is 42.7 Å². The molecule has 1 fully saturated rings. The van der Waals surface area contributed by atoms with Crippen LogP contribution >= 0.6 is 0 Å². The van der Waals surface area contributed by atoms with E-state index in [9.17, 15) is 14.4 Å². The van der Waals surface area contributed by atoms with Crippen molar-refractivity contribution in [3.63, 3.8) is 0 Å². The van der Waals surface area contributed by atoms with Gasteiger partial charge in [-0.1, -0.05) is 36.4 Å². The van der Waals surface area contributed by atoms with Gasteiger partial charge in [-0.25, -0.2) is 4.68 Å². The molecule has 7 nitrogen and oxygen atoms in total. The molecule has 3 aromatic rings. The molecule has 1 saturated carbocycles. The molecule has 1 aliphatic rings. The summed E-state index contributed by atoms with van der Waals surface area (Å²) in [6.45, 7) is 0.275. The number of hydrogen-bond donors (Lipinski definition) is 2. The Bertz CT molecular complexity index is 1100. The Balaban J connectivity index is 1.49. The first-order valence-electron chi connectivity index (χ1n) is 9.43. The molecule has 7 heteroatoms. The van der Waals surface area contributed by atoms with Crippen LogP contribution in [0, 0.1) is 0 Å². The lowest BCUT2D eigenvalue weighted by Gasteiger charge is -2.09. The predicted molar refractivity (Wildman–Crippen MR) is 109 cm³/mol. The standard InChI is InChI=1S/C22H20N4O3/c27-20-12-11-19(25-26(20)14-15-5-2-1-3-6-15)22(29)24-18-8-4-7-16(13-18)21(28)23-17-9-10-17/h1-8,11-13,17H,9-10,14H2,(H,23,28)(H,24,29). The third kappa shape index (κ3) is 4.76. The molecule has 1 aromatic heterocycles. The fraction of sp³-hybridized carbons (Fsp3) is 0.182. The molecule has 2 amide bonds. The average Bonchev–Trinajstić information content (AvgIpc) is 3.54. The largest absolute Gasteiger partial charge is 0.349 e. The quantitative estimate of drug-likeness (QED) is 0.678. The van der Waals surface area contributed by atoms with Gasteiger partial charge in [0.2, 0.25) is 0 Å². The molecule has 1 heterocycles. The van der Waals surface area contributed by atoms with Crippen molar-refractivity contribution in [1.29, 1.82) is 0 Å². The van der Waals surface area contributed by atoms with Gasteiger partial charge in [-0.2, -0.15) is 5.10 Å². The second-order valence-corrected chi connectivity index (χ2v) is 6.98. The topological polar surface area (TPSA) is 93.1 Å². The number of benzene rings is 2. The third-order valence-electron chi connectivity index (χ3n) is 4.57. The number of carbonyl (C=O) groups excluding carboxylic acids is 2. The van der Waals surface area contributed by atoms with E-state index in [2.05, 4.69) is 15.7 Å². The number of nitrogens with zero attached hydrogens (tertiary/aromatic N) is 2. The molecule has 0 radical (unpaired) electrons. The van der Waals surface area contributed by atoms with Gasteiger partial charge in [0.15, 0.2) is 0 Å². The lowest BCUT2D eigenvalue weighted by atomic mass is 10.2. The molecule has 29 heavy (non-hydrogen) atoms. The molecule has 0 spiro atoms. The maximum Gasteiger partial charge on any atom is 0.276 e. The Hall–Kier alpha value is -3.74. The summed E-state index contributed by atoms with van der Waals surface area (Å²) >= 11 is 0. The average molecular weight is 388 g/mol. The maximum atomic E-state index is 12.6. The molecule has 4 rings (SSSR count).